The van der Waals surface area contributed by atoms with E-state index in [4.69, 9.17) is 0 Å². The van der Waals surface area contributed by atoms with Crippen LogP contribution in [0.25, 0.3) is 0 Å². The lowest BCUT2D eigenvalue weighted by molar-refractivity contribution is -0.391. The van der Waals surface area contributed by atoms with E-state index in [-0.39, 0.29) is 4.60 Å². The predicted octanol–water partition coefficient (Wildman–Crippen LogP) is 2.48. The molecule has 6 nitrogen and oxygen atoms in total. The highest BCUT2D eigenvalue weighted by molar-refractivity contribution is 9.10. The summed E-state index contributed by atoms with van der Waals surface area (Å²) in [6.07, 6.45) is -3.20. The third-order valence-corrected chi connectivity index (χ3v) is 2.21. The van der Waals surface area contributed by atoms with Crippen molar-refractivity contribution in [1.29, 1.82) is 0 Å². The Morgan fingerprint density at radius 1 is 1.65 bits per heavy atom. The van der Waals surface area contributed by atoms with Crippen LogP contribution in [0.2, 0.25) is 0 Å². The van der Waals surface area contributed by atoms with Crippen LogP contribution in [0, 0.1) is 10.1 Å². The number of methoxy groups -OCH3 is 1. The maximum atomic E-state index is 12.7. The lowest BCUT2D eigenvalue weighted by atomic mass is 10.1. The maximum Gasteiger partial charge on any atom is 0.374 e. The first-order valence-corrected chi connectivity index (χ1v) is 4.89. The standard InChI is InChI=1S/C8H5BrF2N2O4/c1-17-8(14)3-2-4(9)12-7(13(15)16)5(3)6(10)11/h2,6H,1H3. The van der Waals surface area contributed by atoms with Crippen molar-refractivity contribution in [2.24, 2.45) is 0 Å². The van der Waals surface area contributed by atoms with E-state index in [0.717, 1.165) is 13.2 Å². The van der Waals surface area contributed by atoms with Crippen LogP contribution in [0.5, 0.6) is 0 Å². The predicted molar refractivity (Wildman–Crippen MR) is 54.9 cm³/mol. The molecular formula is C8H5BrF2N2O4. The fourth-order valence-electron chi connectivity index (χ4n) is 1.14. The third kappa shape index (κ3) is 2.73. The van der Waals surface area contributed by atoms with Crippen molar-refractivity contribution in [2.75, 3.05) is 7.11 Å². The molecule has 0 unspecified atom stereocenters. The number of ether oxygens (including phenoxy) is 1. The molecule has 0 aliphatic rings. The molecule has 0 N–H and O–H groups in total. The molecule has 1 rings (SSSR count). The number of pyridine rings is 1. The number of carbonyl (C=O) groups excluding carboxylic acids is 1. The Hall–Kier alpha value is -1.64. The first kappa shape index (κ1) is 13.4. The lowest BCUT2D eigenvalue weighted by Crippen LogP contribution is -2.10. The minimum absolute atomic E-state index is 0.103. The van der Waals surface area contributed by atoms with E-state index in [1.807, 2.05) is 0 Å². The van der Waals surface area contributed by atoms with Crippen LogP contribution in [0.1, 0.15) is 22.3 Å². The Morgan fingerprint density at radius 2 is 2.24 bits per heavy atom. The smallest absolute Gasteiger partial charge is 0.374 e. The average molecular weight is 311 g/mol. The normalized spacial score (nSPS) is 10.4. The summed E-state index contributed by atoms with van der Waals surface area (Å²) in [6, 6.07) is 0.945. The SMILES string of the molecule is COC(=O)c1cc(Br)nc([N+](=O)[O-])c1C(F)F. The second-order valence-electron chi connectivity index (χ2n) is 2.78. The number of nitro groups is 1. The van der Waals surface area contributed by atoms with Crippen LogP contribution in [-0.2, 0) is 4.74 Å². The van der Waals surface area contributed by atoms with Gasteiger partial charge in [0, 0.05) is 22.0 Å². The van der Waals surface area contributed by atoms with E-state index in [2.05, 4.69) is 25.7 Å². The zero-order valence-electron chi connectivity index (χ0n) is 8.32. The molecule has 0 saturated heterocycles. The third-order valence-electron chi connectivity index (χ3n) is 1.80. The first-order chi connectivity index (χ1) is 7.88. The minimum atomic E-state index is -3.20. The fraction of sp³-hybridized carbons (Fsp3) is 0.250. The highest BCUT2D eigenvalue weighted by Crippen LogP contribution is 2.32. The molecule has 92 valence electrons. The lowest BCUT2D eigenvalue weighted by Gasteiger charge is -2.07. The zero-order valence-corrected chi connectivity index (χ0v) is 9.90. The summed E-state index contributed by atoms with van der Waals surface area (Å²) >= 11 is 2.79. The summed E-state index contributed by atoms with van der Waals surface area (Å²) < 4.78 is 29.6. The van der Waals surface area contributed by atoms with E-state index >= 15 is 0 Å². The minimum Gasteiger partial charge on any atom is -0.465 e. The summed E-state index contributed by atoms with van der Waals surface area (Å²) in [6.45, 7) is 0. The summed E-state index contributed by atoms with van der Waals surface area (Å²) in [5.74, 6) is -2.17. The van der Waals surface area contributed by atoms with Gasteiger partial charge in [-0.25, -0.2) is 13.6 Å². The van der Waals surface area contributed by atoms with Crippen LogP contribution in [0.15, 0.2) is 10.7 Å². The van der Waals surface area contributed by atoms with Gasteiger partial charge in [-0.3, -0.25) is 0 Å². The molecule has 0 fully saturated rings. The maximum absolute atomic E-state index is 12.7. The van der Waals surface area contributed by atoms with E-state index in [0.29, 0.717) is 0 Å². The van der Waals surface area contributed by atoms with E-state index in [9.17, 15) is 23.7 Å². The van der Waals surface area contributed by atoms with Crippen LogP contribution < -0.4 is 0 Å². The van der Waals surface area contributed by atoms with Crippen molar-refractivity contribution in [3.63, 3.8) is 0 Å². The van der Waals surface area contributed by atoms with E-state index in [1.54, 1.807) is 0 Å². The van der Waals surface area contributed by atoms with Gasteiger partial charge >= 0.3 is 11.8 Å². The Bertz CT molecular complexity index is 481. The summed E-state index contributed by atoms with van der Waals surface area (Å²) in [7, 11) is 0.984. The molecule has 0 aliphatic heterocycles. The van der Waals surface area contributed by atoms with Gasteiger partial charge < -0.3 is 14.9 Å². The van der Waals surface area contributed by atoms with E-state index < -0.39 is 34.3 Å². The van der Waals surface area contributed by atoms with Gasteiger partial charge in [0.2, 0.25) is 4.60 Å². The Morgan fingerprint density at radius 3 is 2.65 bits per heavy atom. The molecule has 0 radical (unpaired) electrons. The van der Waals surface area contributed by atoms with Crippen LogP contribution in [-0.4, -0.2) is 23.0 Å². The Kier molecular flexibility index (Phi) is 4.05. The van der Waals surface area contributed by atoms with Gasteiger partial charge in [0.15, 0.2) is 0 Å². The largest absolute Gasteiger partial charge is 0.465 e. The van der Waals surface area contributed by atoms with Crippen molar-refractivity contribution in [3.05, 3.63) is 31.9 Å². The molecule has 0 amide bonds. The van der Waals surface area contributed by atoms with Crippen molar-refractivity contribution < 1.29 is 23.2 Å². The fourth-order valence-corrected chi connectivity index (χ4v) is 1.54. The monoisotopic (exact) mass is 310 g/mol. The average Bonchev–Trinajstić information content (AvgIpc) is 2.26. The Balaban J connectivity index is 3.57. The van der Waals surface area contributed by atoms with Crippen molar-refractivity contribution >= 4 is 27.7 Å². The molecule has 9 heteroatoms. The Labute approximate surface area is 102 Å². The highest BCUT2D eigenvalue weighted by Gasteiger charge is 2.31. The summed E-state index contributed by atoms with van der Waals surface area (Å²) in [5, 5.41) is 10.6. The van der Waals surface area contributed by atoms with Crippen LogP contribution in [0.3, 0.4) is 0 Å². The molecule has 17 heavy (non-hydrogen) atoms. The van der Waals surface area contributed by atoms with E-state index in [1.165, 1.54) is 0 Å². The van der Waals surface area contributed by atoms with Gasteiger partial charge in [-0.05, 0) is 9.91 Å². The molecule has 1 heterocycles. The number of rotatable bonds is 3. The molecule has 0 spiro atoms. The highest BCUT2D eigenvalue weighted by atomic mass is 79.9. The second-order valence-corrected chi connectivity index (χ2v) is 3.59. The molecule has 0 aliphatic carbocycles. The number of hydrogen-bond donors (Lipinski definition) is 0. The van der Waals surface area contributed by atoms with Gasteiger partial charge in [0.25, 0.3) is 6.43 Å². The number of alkyl halides is 2. The summed E-state index contributed by atoms with van der Waals surface area (Å²) in [4.78, 5) is 24.0. The van der Waals surface area contributed by atoms with Crippen molar-refractivity contribution in [2.45, 2.75) is 6.43 Å². The van der Waals surface area contributed by atoms with Gasteiger partial charge in [0.05, 0.1) is 12.7 Å². The number of esters is 1. The number of carbonyl (C=O) groups is 1. The van der Waals surface area contributed by atoms with Gasteiger partial charge in [-0.15, -0.1) is 0 Å². The van der Waals surface area contributed by atoms with Gasteiger partial charge in [-0.2, -0.15) is 0 Å². The van der Waals surface area contributed by atoms with Crippen LogP contribution >= 0.6 is 15.9 Å². The number of hydrogen-bond acceptors (Lipinski definition) is 5. The quantitative estimate of drug-likeness (QED) is 0.371. The number of aromatic nitrogens is 1. The zero-order chi connectivity index (χ0) is 13.2. The van der Waals surface area contributed by atoms with Crippen molar-refractivity contribution in [3.8, 4) is 0 Å². The molecular weight excluding hydrogens is 306 g/mol. The van der Waals surface area contributed by atoms with Crippen LogP contribution in [0.4, 0.5) is 14.6 Å². The number of nitrogens with zero attached hydrogens (tertiary/aromatic N) is 2. The molecule has 0 saturated carbocycles. The molecule has 0 aromatic carbocycles. The summed E-state index contributed by atoms with van der Waals surface area (Å²) in [5.41, 5.74) is -1.64. The first-order valence-electron chi connectivity index (χ1n) is 4.09. The van der Waals surface area contributed by atoms with Crippen molar-refractivity contribution in [1.82, 2.24) is 4.98 Å². The second kappa shape index (κ2) is 5.13. The van der Waals surface area contributed by atoms with Gasteiger partial charge in [-0.1, -0.05) is 0 Å². The topological polar surface area (TPSA) is 82.3 Å². The molecule has 0 atom stereocenters. The van der Waals surface area contributed by atoms with Gasteiger partial charge in [0.1, 0.15) is 5.56 Å². The molecule has 1 aromatic heterocycles. The number of halogens is 3. The molecule has 0 bridgehead atoms. The molecule has 1 aromatic rings.